The summed E-state index contributed by atoms with van der Waals surface area (Å²) in [6.45, 7) is 7.89. The summed E-state index contributed by atoms with van der Waals surface area (Å²) in [5.41, 5.74) is 4.90. The van der Waals surface area contributed by atoms with Crippen LogP contribution in [0.2, 0.25) is 0 Å². The molecule has 128 valence electrons. The van der Waals surface area contributed by atoms with Gasteiger partial charge in [0.15, 0.2) is 0 Å². The van der Waals surface area contributed by atoms with Gasteiger partial charge in [0.25, 0.3) is 0 Å². The second-order valence-electron chi connectivity index (χ2n) is 4.82. The zero-order valence-electron chi connectivity index (χ0n) is 13.5. The second-order valence-corrected chi connectivity index (χ2v) is 4.82. The number of hydrogen-bond acceptors (Lipinski definition) is 6. The molecule has 9 nitrogen and oxygen atoms in total. The minimum absolute atomic E-state index is 0.266. The molecule has 0 bridgehead atoms. The van der Waals surface area contributed by atoms with E-state index >= 15 is 0 Å². The molecule has 0 aliphatic heterocycles. The number of carbonyl (C=O) groups excluding carboxylic acids is 3. The van der Waals surface area contributed by atoms with Gasteiger partial charge in [-0.15, -0.1) is 5.06 Å². The highest BCUT2D eigenvalue weighted by Gasteiger charge is 2.28. The Morgan fingerprint density at radius 1 is 1.09 bits per heavy atom. The van der Waals surface area contributed by atoms with Gasteiger partial charge in [-0.1, -0.05) is 34.1 Å². The summed E-state index contributed by atoms with van der Waals surface area (Å²) in [5, 5.41) is 3.09. The first-order valence-electron chi connectivity index (χ1n) is 7.28. The number of nitrogens with two attached hydrogens (primary N) is 1. The normalized spacial score (nSPS) is 11.5. The number of amides is 3. The minimum atomic E-state index is -1.16. The van der Waals surface area contributed by atoms with E-state index < -0.39 is 24.3 Å². The van der Waals surface area contributed by atoms with Crippen molar-refractivity contribution in [3.63, 3.8) is 0 Å². The molecule has 0 aliphatic rings. The molecule has 0 saturated carbocycles. The Labute approximate surface area is 129 Å². The lowest BCUT2D eigenvalue weighted by atomic mass is 10.1. The Morgan fingerprint density at radius 3 is 2.14 bits per heavy atom. The summed E-state index contributed by atoms with van der Waals surface area (Å²) in [6, 6.07) is -0.438. The molecule has 0 heterocycles. The van der Waals surface area contributed by atoms with E-state index in [2.05, 4.69) is 19.9 Å². The van der Waals surface area contributed by atoms with Crippen LogP contribution in [0.25, 0.3) is 0 Å². The van der Waals surface area contributed by atoms with Crippen LogP contribution in [0, 0.1) is 5.92 Å². The van der Waals surface area contributed by atoms with E-state index in [1.54, 1.807) is 13.8 Å². The lowest BCUT2D eigenvalue weighted by Gasteiger charge is -2.25. The first-order chi connectivity index (χ1) is 10.3. The van der Waals surface area contributed by atoms with E-state index in [-0.39, 0.29) is 5.92 Å². The number of rotatable bonds is 6. The first-order valence-corrected chi connectivity index (χ1v) is 7.28. The molecule has 22 heavy (non-hydrogen) atoms. The highest BCUT2D eigenvalue weighted by atomic mass is 17.2. The van der Waals surface area contributed by atoms with Crippen LogP contribution >= 0.6 is 0 Å². The zero-order valence-corrected chi connectivity index (χ0v) is 13.5. The first kappa shape index (κ1) is 19.8. The maximum atomic E-state index is 11.8. The van der Waals surface area contributed by atoms with E-state index in [1.165, 1.54) is 0 Å². The fourth-order valence-electron chi connectivity index (χ4n) is 1.52. The maximum absolute atomic E-state index is 11.8. The molecular weight excluding hydrogens is 294 g/mol. The predicted octanol–water partition coefficient (Wildman–Crippen LogP) is 2.31. The van der Waals surface area contributed by atoms with Crippen LogP contribution in [0.1, 0.15) is 47.0 Å². The van der Waals surface area contributed by atoms with Crippen molar-refractivity contribution in [1.82, 2.24) is 10.4 Å². The average Bonchev–Trinajstić information content (AvgIpc) is 2.49. The fraction of sp³-hybridized carbons (Fsp3) is 0.769. The number of nitrogens with zero attached hydrogens (tertiary/aromatic N) is 1. The Hall–Kier alpha value is -2.19. The van der Waals surface area contributed by atoms with Gasteiger partial charge in [0.1, 0.15) is 0 Å². The number of carbonyl (C=O) groups is 3. The molecule has 0 aromatic heterocycles. The van der Waals surface area contributed by atoms with Gasteiger partial charge >= 0.3 is 18.3 Å². The van der Waals surface area contributed by atoms with Gasteiger partial charge in [-0.2, -0.15) is 0 Å². The Kier molecular flexibility index (Phi) is 9.48. The summed E-state index contributed by atoms with van der Waals surface area (Å²) >= 11 is 0. The number of hydroxylamine groups is 2. The molecule has 3 N–H and O–H groups in total. The number of hydrogen-bond donors (Lipinski definition) is 2. The van der Waals surface area contributed by atoms with Gasteiger partial charge < -0.3 is 15.9 Å². The van der Waals surface area contributed by atoms with E-state index in [9.17, 15) is 14.4 Å². The van der Waals surface area contributed by atoms with Crippen LogP contribution < -0.4 is 11.1 Å². The standard InChI is InChI=1S/C13H25N3O6/c1-5-9(4)8-15-12(18)21-22-13(19)16(20-11(14)17)10(6-2)7-3/h9-10H,5-8H2,1-4H3,(H2,14,17)(H,15,18). The second kappa shape index (κ2) is 10.5. The summed E-state index contributed by atoms with van der Waals surface area (Å²) in [6.07, 6.45) is -1.32. The summed E-state index contributed by atoms with van der Waals surface area (Å²) in [7, 11) is 0. The van der Waals surface area contributed by atoms with Crippen LogP contribution in [0.4, 0.5) is 14.4 Å². The molecule has 1 atom stereocenters. The van der Waals surface area contributed by atoms with Crippen molar-refractivity contribution >= 4 is 18.3 Å². The molecule has 0 aromatic carbocycles. The van der Waals surface area contributed by atoms with Crippen LogP contribution in [-0.4, -0.2) is 35.9 Å². The minimum Gasteiger partial charge on any atom is -0.333 e. The van der Waals surface area contributed by atoms with E-state index in [4.69, 9.17) is 5.73 Å². The van der Waals surface area contributed by atoms with Crippen LogP contribution in [0.5, 0.6) is 0 Å². The molecule has 0 saturated heterocycles. The number of nitrogens with one attached hydrogen (secondary N) is 1. The maximum Gasteiger partial charge on any atom is 0.485 e. The van der Waals surface area contributed by atoms with Crippen molar-refractivity contribution < 1.29 is 29.0 Å². The van der Waals surface area contributed by atoms with Gasteiger partial charge in [0.2, 0.25) is 0 Å². The van der Waals surface area contributed by atoms with E-state index in [0.29, 0.717) is 24.4 Å². The van der Waals surface area contributed by atoms with Gasteiger partial charge in [0.05, 0.1) is 6.04 Å². The highest BCUT2D eigenvalue weighted by Crippen LogP contribution is 2.11. The Balaban J connectivity index is 4.44. The molecule has 0 spiro atoms. The van der Waals surface area contributed by atoms with Crippen LogP contribution in [-0.2, 0) is 14.6 Å². The van der Waals surface area contributed by atoms with Gasteiger partial charge in [-0.05, 0) is 18.8 Å². The lowest BCUT2D eigenvalue weighted by Crippen LogP contribution is -2.43. The van der Waals surface area contributed by atoms with Gasteiger partial charge in [-0.25, -0.2) is 24.2 Å². The van der Waals surface area contributed by atoms with Crippen molar-refractivity contribution in [2.24, 2.45) is 11.7 Å². The largest absolute Gasteiger partial charge is 0.485 e. The molecule has 9 heteroatoms. The molecule has 0 aliphatic carbocycles. The molecule has 1 unspecified atom stereocenters. The van der Waals surface area contributed by atoms with E-state index in [1.807, 2.05) is 13.8 Å². The SMILES string of the molecule is CCC(C)CNC(=O)OOC(=O)N(OC(N)=O)C(CC)CC. The Morgan fingerprint density at radius 2 is 1.68 bits per heavy atom. The third-order valence-electron chi connectivity index (χ3n) is 3.12. The monoisotopic (exact) mass is 319 g/mol. The fourth-order valence-corrected chi connectivity index (χ4v) is 1.52. The van der Waals surface area contributed by atoms with Crippen LogP contribution in [0.3, 0.4) is 0 Å². The van der Waals surface area contributed by atoms with Crippen molar-refractivity contribution in [1.29, 1.82) is 0 Å². The van der Waals surface area contributed by atoms with Crippen molar-refractivity contribution in [3.05, 3.63) is 0 Å². The molecule has 0 aromatic rings. The summed E-state index contributed by atoms with van der Waals surface area (Å²) in [4.78, 5) is 47.3. The third kappa shape index (κ3) is 7.55. The molecular formula is C13H25N3O6. The summed E-state index contributed by atoms with van der Waals surface area (Å²) in [5.74, 6) is 0.266. The lowest BCUT2D eigenvalue weighted by molar-refractivity contribution is -0.220. The van der Waals surface area contributed by atoms with Crippen molar-refractivity contribution in [2.75, 3.05) is 6.54 Å². The average molecular weight is 319 g/mol. The topological polar surface area (TPSA) is 120 Å². The van der Waals surface area contributed by atoms with Crippen LogP contribution in [0.15, 0.2) is 0 Å². The third-order valence-corrected chi connectivity index (χ3v) is 3.12. The van der Waals surface area contributed by atoms with Crippen molar-refractivity contribution in [3.8, 4) is 0 Å². The smallest absolute Gasteiger partial charge is 0.333 e. The summed E-state index contributed by atoms with van der Waals surface area (Å²) < 4.78 is 0. The van der Waals surface area contributed by atoms with Gasteiger partial charge in [-0.3, -0.25) is 0 Å². The predicted molar refractivity (Wildman–Crippen MR) is 77.3 cm³/mol. The highest BCUT2D eigenvalue weighted by molar-refractivity contribution is 5.72. The number of primary amides is 1. The molecule has 3 amide bonds. The van der Waals surface area contributed by atoms with Crippen molar-refractivity contribution in [2.45, 2.75) is 53.0 Å². The molecule has 0 rings (SSSR count). The molecule has 0 radical (unpaired) electrons. The van der Waals surface area contributed by atoms with Gasteiger partial charge in [0, 0.05) is 6.54 Å². The quantitative estimate of drug-likeness (QED) is 0.572. The van der Waals surface area contributed by atoms with E-state index in [0.717, 1.165) is 6.42 Å². The Bertz CT molecular complexity index is 373. The molecule has 0 fully saturated rings. The zero-order chi connectivity index (χ0) is 17.1.